The third-order valence-electron chi connectivity index (χ3n) is 23.1. The van der Waals surface area contributed by atoms with Gasteiger partial charge in [-0.1, -0.05) is 114 Å². The summed E-state index contributed by atoms with van der Waals surface area (Å²) in [6, 6.07) is 30.2. The summed E-state index contributed by atoms with van der Waals surface area (Å²) in [7, 11) is -7.64. The smallest absolute Gasteiger partial charge is 0.737 e. The van der Waals surface area contributed by atoms with Crippen LogP contribution in [0.5, 0.6) is 0 Å². The average molecular weight is 1860 g/mol. The monoisotopic (exact) mass is 1860 g/mol. The molecule has 4 heterocycles. The van der Waals surface area contributed by atoms with Gasteiger partial charge in [-0.25, -0.2) is 35.6 Å². The van der Waals surface area contributed by atoms with E-state index in [2.05, 4.69) is 45.8 Å². The predicted molar refractivity (Wildman–Crippen MR) is 494 cm³/mol. The molecule has 9 N–H and O–H groups in total. The van der Waals surface area contributed by atoms with Gasteiger partial charge in [-0.15, -0.1) is 0 Å². The Morgan fingerprint density at radius 3 is 1.85 bits per heavy atom. The molecule has 7 aromatic rings. The second-order valence-electron chi connectivity index (χ2n) is 32.3. The fraction of sp³-hybridized carbons (Fsp3) is 0.457. The molecule has 0 saturated carbocycles. The molecule has 5 aromatic carbocycles. The number of ether oxygens (including phenoxy) is 1. The summed E-state index contributed by atoms with van der Waals surface area (Å²) in [5.74, 6) is -7.35. The fourth-order valence-electron chi connectivity index (χ4n) is 16.3. The number of amides is 4. The third kappa shape index (κ3) is 29.7. The molecular weight excluding hydrogens is 1740 g/mol. The van der Waals surface area contributed by atoms with E-state index in [0.717, 1.165) is 77.5 Å². The number of Topliss-reactive ketones (excluding diaryl/α,β-unsaturated/α-hetero) is 3. The van der Waals surface area contributed by atoms with Crippen LogP contribution in [0.15, 0.2) is 153 Å². The van der Waals surface area contributed by atoms with Gasteiger partial charge in [0, 0.05) is 149 Å². The Bertz CT molecular complexity index is 5400. The number of aryl methyl sites for hydroxylation is 2. The number of hydrogen-bond donors (Lipinski definition) is 9. The lowest BCUT2D eigenvalue weighted by Gasteiger charge is -2.30. The number of rotatable bonds is 59. The SMILES string of the molecule is CCN(CC)c1ccc2c(-c3ccc(S(=O)(=O)NCCSSCC(CC(=O)C(CCCCNC(=O)CCC4=[N+]5C(=Cc6c(C)cc(C)n6[B-]5(F)F)C=C4)NC[C@@H](CC(=O)[C@H](Cc4ccccc4)NC(=O)CCCCCCCCC(=O)CC[C@H](NC(=O)N[C@@H](CCC(=O)O)OC=O)C(=O)O)Cc4ccccc4)C(=O)O)cc3S(=O)(=O)[O-])c3ccc(N(CC)CC)cc3[o+]c2c1. The van der Waals surface area contributed by atoms with Gasteiger partial charge in [0.15, 0.2) is 23.5 Å². The minimum Gasteiger partial charge on any atom is -0.744 e. The Labute approximate surface area is 759 Å². The maximum atomic E-state index is 16.2. The van der Waals surface area contributed by atoms with E-state index in [9.17, 15) is 79.5 Å². The summed E-state index contributed by atoms with van der Waals surface area (Å²) in [6.07, 6.45) is 7.33. The van der Waals surface area contributed by atoms with E-state index in [4.69, 9.17) is 9.52 Å². The van der Waals surface area contributed by atoms with Crippen LogP contribution < -0.4 is 41.1 Å². The van der Waals surface area contributed by atoms with E-state index in [1.165, 1.54) is 12.1 Å². The largest absolute Gasteiger partial charge is 0.744 e. The number of unbranched alkanes of at least 4 members (excludes halogenated alkanes) is 6. The van der Waals surface area contributed by atoms with E-state index >= 15 is 8.63 Å². The third-order valence-corrected chi connectivity index (χ3v) is 27.9. The Kier molecular flexibility index (Phi) is 39.0. The molecule has 0 radical (unpaired) electrons. The first-order chi connectivity index (χ1) is 61.7. The topological polar surface area (TPSA) is 430 Å². The number of carboxylic acids is 3. The number of aliphatic carboxylic acids is 3. The zero-order valence-electron chi connectivity index (χ0n) is 73.6. The Hall–Kier alpha value is -10.7. The first-order valence-corrected chi connectivity index (χ1v) is 49.3. The number of urea groups is 1. The summed E-state index contributed by atoms with van der Waals surface area (Å²) in [4.78, 5) is 132. The van der Waals surface area contributed by atoms with Gasteiger partial charge >= 0.3 is 42.1 Å². The van der Waals surface area contributed by atoms with Gasteiger partial charge in [0.05, 0.1) is 57.1 Å². The van der Waals surface area contributed by atoms with Crippen LogP contribution in [0.4, 0.5) is 24.8 Å². The maximum Gasteiger partial charge on any atom is 0.737 e. The van der Waals surface area contributed by atoms with Crippen molar-refractivity contribution in [1.82, 2.24) is 35.8 Å². The number of halogens is 2. The molecule has 2 aromatic heterocycles. The van der Waals surface area contributed by atoms with Crippen molar-refractivity contribution in [2.75, 3.05) is 67.1 Å². The van der Waals surface area contributed by atoms with Gasteiger partial charge in [-0.3, -0.25) is 38.4 Å². The van der Waals surface area contributed by atoms with Crippen molar-refractivity contribution < 1.29 is 107 Å². The van der Waals surface area contributed by atoms with Gasteiger partial charge in [0.2, 0.25) is 21.8 Å². The first kappa shape index (κ1) is 102. The molecule has 129 heavy (non-hydrogen) atoms. The summed E-state index contributed by atoms with van der Waals surface area (Å²) in [5, 5.41) is 44.0. The Balaban J connectivity index is 0.829. The molecule has 6 atom stereocenters. The highest BCUT2D eigenvalue weighted by atomic mass is 33.1. The standard InChI is InChI=1S/C92H117BF2N10O20S4/c1-7-102(8-2)68-34-39-73-82(55-68)125-83-56-69(103(9-3)10-4)35-40-74(83)89(73)75-41-38-72(57-84(75)129(121,122)123)128(119,120)98-47-48-126-127-59-66(90(114)115)53-81(109)76(30-23-24-46-96-85(110)43-36-67-32-33-70-54-79-61(5)49-62(6)104(79)93(94,95)105(67)70)97-58-65(50-63-25-17-15-18-26-63)52-80(108)78(51-64-27-19-16-20-28-64)99-86(111)31-22-14-12-11-13-21-29-71(107)37-42-77(91(116)117)100-92(118)101-87(124-60-106)44-45-88(112)113/h15-20,25-28,32-35,38-41,49,54-57,60,65-66,76-78,87,97-98H,7-14,21-24,29-31,36-37,42-48,50-53,58-59H2,1-6H3,(H7-,96,99,100,101,110,111,112,113,114,115,116,117,118,121,122,123)/t65-,66?,76?,77+,78+,87-/m1/s1. The van der Waals surface area contributed by atoms with Crippen molar-refractivity contribution in [2.45, 2.75) is 211 Å². The zero-order valence-corrected chi connectivity index (χ0v) is 76.8. The highest BCUT2D eigenvalue weighted by molar-refractivity contribution is 8.76. The van der Waals surface area contributed by atoms with Crippen LogP contribution in [0.2, 0.25) is 0 Å². The molecule has 696 valence electrons. The number of nitrogens with zero attached hydrogens (tertiary/aromatic N) is 4. The number of sulfonamides is 1. The number of carbonyl (C=O) groups is 10. The lowest BCUT2D eigenvalue weighted by molar-refractivity contribution is -0.362. The lowest BCUT2D eigenvalue weighted by atomic mass is 9.89. The molecule has 37 heteroatoms. The molecule has 0 aliphatic carbocycles. The molecule has 2 aliphatic rings. The Morgan fingerprint density at radius 2 is 1.25 bits per heavy atom. The second-order valence-corrected chi connectivity index (χ2v) is 38.0. The minimum absolute atomic E-state index is 0.0146. The predicted octanol–water partition coefficient (Wildman–Crippen LogP) is 13.3. The highest BCUT2D eigenvalue weighted by Gasteiger charge is 2.52. The van der Waals surface area contributed by atoms with Gasteiger partial charge in [0.25, 0.3) is 6.47 Å². The van der Waals surface area contributed by atoms with Crippen molar-refractivity contribution in [2.24, 2.45) is 11.8 Å². The first-order valence-electron chi connectivity index (χ1n) is 43.9. The molecule has 2 aliphatic heterocycles. The lowest BCUT2D eigenvalue weighted by Crippen LogP contribution is -2.50. The van der Waals surface area contributed by atoms with Crippen LogP contribution in [0.3, 0.4) is 0 Å². The number of benzene rings is 5. The van der Waals surface area contributed by atoms with E-state index in [1.54, 1.807) is 50.3 Å². The van der Waals surface area contributed by atoms with Crippen LogP contribution in [0.1, 0.15) is 178 Å². The molecule has 0 saturated heterocycles. The van der Waals surface area contributed by atoms with Crippen LogP contribution in [0.25, 0.3) is 39.1 Å². The second kappa shape index (κ2) is 49.4. The van der Waals surface area contributed by atoms with Crippen LogP contribution in [-0.2, 0) is 80.9 Å². The van der Waals surface area contributed by atoms with Crippen LogP contribution in [0, 0.1) is 25.7 Å². The number of fused-ring (bicyclic) bond motifs is 4. The minimum atomic E-state index is -5.36. The van der Waals surface area contributed by atoms with Crippen molar-refractivity contribution in [3.8, 4) is 11.1 Å². The molecule has 2 unspecified atom stereocenters. The van der Waals surface area contributed by atoms with E-state index in [1.807, 2.05) is 113 Å². The molecule has 9 rings (SSSR count). The van der Waals surface area contributed by atoms with Gasteiger partial charge in [0.1, 0.15) is 27.7 Å². The number of anilines is 2. The molecular formula is C92H117BF2N10O20S4. The quantitative estimate of drug-likeness (QED) is 0.00250. The van der Waals surface area contributed by atoms with Gasteiger partial charge in [-0.2, -0.15) is 0 Å². The zero-order chi connectivity index (χ0) is 93.5. The number of allylic oxidation sites excluding steroid dienone is 2. The number of carboxylic acid groups (broad SMARTS) is 3. The van der Waals surface area contributed by atoms with Crippen LogP contribution in [-0.4, -0.2) is 200 Å². The Morgan fingerprint density at radius 1 is 0.628 bits per heavy atom. The molecule has 4 amide bonds. The molecule has 30 nitrogen and oxygen atoms in total. The summed E-state index contributed by atoms with van der Waals surface area (Å²) in [6.45, 7) is 9.99. The van der Waals surface area contributed by atoms with E-state index in [0.29, 0.717) is 121 Å². The van der Waals surface area contributed by atoms with Gasteiger partial charge < -0.3 is 78.6 Å². The summed E-state index contributed by atoms with van der Waals surface area (Å²) in [5.41, 5.74) is 6.67. The van der Waals surface area contributed by atoms with E-state index < -0.39 is 116 Å². The molecule has 0 spiro atoms. The van der Waals surface area contributed by atoms with Crippen molar-refractivity contribution >= 4 is 153 Å². The average Bonchev–Trinajstić information content (AvgIpc) is 1.68. The highest BCUT2D eigenvalue weighted by Crippen LogP contribution is 2.43. The maximum absolute atomic E-state index is 16.2. The van der Waals surface area contributed by atoms with Crippen LogP contribution >= 0.6 is 21.6 Å². The summed E-state index contributed by atoms with van der Waals surface area (Å²) < 4.78 is 117. The summed E-state index contributed by atoms with van der Waals surface area (Å²) >= 11 is 0. The van der Waals surface area contributed by atoms with Crippen molar-refractivity contribution in [1.29, 1.82) is 0 Å². The molecule has 0 bridgehead atoms. The number of hydrogen-bond acceptors (Lipinski definition) is 21. The molecule has 0 fully saturated rings. The number of carbonyl (C=O) groups excluding carboxylic acids is 7. The van der Waals surface area contributed by atoms with Gasteiger partial charge in [-0.05, 0) is 170 Å². The fourth-order valence-corrected chi connectivity index (χ4v) is 20.5. The number of ketones is 3. The number of nitrogens with one attached hydrogen (secondary N) is 6. The number of aromatic nitrogens is 1. The normalized spacial score (nSPS) is 14.3. The van der Waals surface area contributed by atoms with Crippen molar-refractivity contribution in [3.63, 3.8) is 0 Å². The van der Waals surface area contributed by atoms with E-state index in [-0.39, 0.29) is 131 Å². The van der Waals surface area contributed by atoms with Crippen molar-refractivity contribution in [3.05, 3.63) is 167 Å².